The van der Waals surface area contributed by atoms with E-state index in [0.717, 1.165) is 31.5 Å². The van der Waals surface area contributed by atoms with Crippen LogP contribution in [0.15, 0.2) is 35.4 Å². The van der Waals surface area contributed by atoms with Gasteiger partial charge in [-0.1, -0.05) is 30.3 Å². The number of rotatable bonds is 4. The van der Waals surface area contributed by atoms with Gasteiger partial charge in [-0.05, 0) is 37.0 Å². The molecule has 20 heavy (non-hydrogen) atoms. The lowest BCUT2D eigenvalue weighted by atomic mass is 9.97. The van der Waals surface area contributed by atoms with Crippen LogP contribution >= 0.6 is 12.2 Å². The zero-order chi connectivity index (χ0) is 14.2. The molecule has 1 aromatic carbocycles. The fourth-order valence-corrected chi connectivity index (χ4v) is 2.27. The molecular weight excluding hydrogens is 270 g/mol. The van der Waals surface area contributed by atoms with Gasteiger partial charge < -0.3 is 5.32 Å². The summed E-state index contributed by atoms with van der Waals surface area (Å²) in [5.41, 5.74) is 4.98. The molecule has 1 aliphatic rings. The maximum atomic E-state index is 11.3. The first-order valence-corrected chi connectivity index (χ1v) is 7.30. The Kier molecular flexibility index (Phi) is 5.68. The molecule has 0 aromatic heterocycles. The molecule has 0 aliphatic heterocycles. The monoisotopic (exact) mass is 289 g/mol. The van der Waals surface area contributed by atoms with E-state index in [-0.39, 0.29) is 5.78 Å². The highest BCUT2D eigenvalue weighted by Gasteiger charge is 2.14. The normalized spacial score (nSPS) is 17.0. The second kappa shape index (κ2) is 7.75. The predicted molar refractivity (Wildman–Crippen MR) is 84.8 cm³/mol. The SMILES string of the molecule is O=C1CCCC(=NNC(=S)NCCc2ccccc2)C1. The largest absolute Gasteiger partial charge is 0.361 e. The Morgan fingerprint density at radius 3 is 2.80 bits per heavy atom. The predicted octanol–water partition coefficient (Wildman–Crippen LogP) is 2.19. The summed E-state index contributed by atoms with van der Waals surface area (Å²) in [6, 6.07) is 10.2. The first kappa shape index (κ1) is 14.7. The molecule has 0 atom stereocenters. The maximum absolute atomic E-state index is 11.3. The Morgan fingerprint density at radius 1 is 1.25 bits per heavy atom. The smallest absolute Gasteiger partial charge is 0.186 e. The second-order valence-electron chi connectivity index (χ2n) is 4.85. The molecule has 106 valence electrons. The van der Waals surface area contributed by atoms with E-state index < -0.39 is 0 Å². The van der Waals surface area contributed by atoms with Crippen molar-refractivity contribution >= 4 is 28.8 Å². The van der Waals surface area contributed by atoms with Crippen LogP contribution in [0.4, 0.5) is 0 Å². The summed E-state index contributed by atoms with van der Waals surface area (Å²) >= 11 is 5.15. The number of hydrogen-bond donors (Lipinski definition) is 2. The van der Waals surface area contributed by atoms with Gasteiger partial charge in [0.2, 0.25) is 0 Å². The summed E-state index contributed by atoms with van der Waals surface area (Å²) in [4.78, 5) is 11.3. The standard InChI is InChI=1S/C15H19N3OS/c19-14-8-4-7-13(11-14)17-18-15(20)16-10-9-12-5-2-1-3-6-12/h1-3,5-6H,4,7-11H2,(H2,16,18,20). The van der Waals surface area contributed by atoms with Crippen LogP contribution in [0.1, 0.15) is 31.2 Å². The molecule has 0 saturated heterocycles. The summed E-state index contributed by atoms with van der Waals surface area (Å²) in [6.45, 7) is 0.764. The van der Waals surface area contributed by atoms with Crippen LogP contribution in [0.25, 0.3) is 0 Å². The Hall–Kier alpha value is -1.75. The number of Topliss-reactive ketones (excluding diaryl/α,β-unsaturated/α-hetero) is 1. The number of nitrogens with zero attached hydrogens (tertiary/aromatic N) is 1. The highest BCUT2D eigenvalue weighted by Crippen LogP contribution is 2.11. The summed E-state index contributed by atoms with van der Waals surface area (Å²) < 4.78 is 0. The average Bonchev–Trinajstić information content (AvgIpc) is 2.46. The lowest BCUT2D eigenvalue weighted by molar-refractivity contribution is -0.118. The number of benzene rings is 1. The van der Waals surface area contributed by atoms with E-state index in [9.17, 15) is 4.79 Å². The minimum atomic E-state index is 0.264. The van der Waals surface area contributed by atoms with Crippen molar-refractivity contribution in [2.75, 3.05) is 6.54 Å². The van der Waals surface area contributed by atoms with Gasteiger partial charge in [0.25, 0.3) is 0 Å². The topological polar surface area (TPSA) is 53.5 Å². The highest BCUT2D eigenvalue weighted by molar-refractivity contribution is 7.80. The average molecular weight is 289 g/mol. The van der Waals surface area contributed by atoms with Crippen LogP contribution in [0.3, 0.4) is 0 Å². The molecule has 0 spiro atoms. The summed E-state index contributed by atoms with van der Waals surface area (Å²) in [5, 5.41) is 7.82. The second-order valence-corrected chi connectivity index (χ2v) is 5.26. The van der Waals surface area contributed by atoms with Crippen molar-refractivity contribution in [2.24, 2.45) is 5.10 Å². The van der Waals surface area contributed by atoms with Crippen LogP contribution in [0.2, 0.25) is 0 Å². The van der Waals surface area contributed by atoms with Crippen LogP contribution in [-0.4, -0.2) is 23.2 Å². The third-order valence-corrected chi connectivity index (χ3v) is 3.42. The highest BCUT2D eigenvalue weighted by atomic mass is 32.1. The van der Waals surface area contributed by atoms with Gasteiger partial charge in [-0.3, -0.25) is 10.2 Å². The minimum Gasteiger partial charge on any atom is -0.361 e. The number of carbonyl (C=O) groups excluding carboxylic acids is 1. The Labute approximate surface area is 124 Å². The molecule has 5 heteroatoms. The van der Waals surface area contributed by atoms with Crippen molar-refractivity contribution in [3.8, 4) is 0 Å². The van der Waals surface area contributed by atoms with E-state index in [1.807, 2.05) is 18.2 Å². The number of thiocarbonyl (C=S) groups is 1. The fourth-order valence-electron chi connectivity index (χ4n) is 2.12. The lowest BCUT2D eigenvalue weighted by Gasteiger charge is -2.12. The molecule has 2 rings (SSSR count). The molecule has 0 amide bonds. The molecule has 1 aromatic rings. The molecule has 0 radical (unpaired) electrons. The Bertz CT molecular complexity index is 499. The van der Waals surface area contributed by atoms with Crippen LogP contribution in [-0.2, 0) is 11.2 Å². The number of hydrazone groups is 1. The number of nitrogens with one attached hydrogen (secondary N) is 2. The molecule has 0 heterocycles. The number of hydrogen-bond acceptors (Lipinski definition) is 3. The van der Waals surface area contributed by atoms with Crippen LogP contribution in [0, 0.1) is 0 Å². The van der Waals surface area contributed by atoms with Gasteiger partial charge in [0.15, 0.2) is 5.11 Å². The molecule has 1 aliphatic carbocycles. The van der Waals surface area contributed by atoms with Gasteiger partial charge in [0.05, 0.1) is 0 Å². The Morgan fingerprint density at radius 2 is 2.05 bits per heavy atom. The van der Waals surface area contributed by atoms with Crippen molar-refractivity contribution < 1.29 is 4.79 Å². The minimum absolute atomic E-state index is 0.264. The van der Waals surface area contributed by atoms with Gasteiger partial charge in [-0.2, -0.15) is 5.10 Å². The third-order valence-electron chi connectivity index (χ3n) is 3.18. The quantitative estimate of drug-likeness (QED) is 0.659. The fraction of sp³-hybridized carbons (Fsp3) is 0.400. The summed E-state index contributed by atoms with van der Waals surface area (Å²) in [7, 11) is 0. The van der Waals surface area contributed by atoms with Crippen molar-refractivity contribution in [1.29, 1.82) is 0 Å². The van der Waals surface area contributed by atoms with Crippen molar-refractivity contribution in [1.82, 2.24) is 10.7 Å². The van der Waals surface area contributed by atoms with Crippen molar-refractivity contribution in [2.45, 2.75) is 32.1 Å². The van der Waals surface area contributed by atoms with Gasteiger partial charge in [0, 0.05) is 25.1 Å². The molecule has 2 N–H and O–H groups in total. The first-order valence-electron chi connectivity index (χ1n) is 6.89. The van der Waals surface area contributed by atoms with Gasteiger partial charge in [-0.15, -0.1) is 0 Å². The van der Waals surface area contributed by atoms with E-state index >= 15 is 0 Å². The van der Waals surface area contributed by atoms with E-state index in [1.54, 1.807) is 0 Å². The molecular formula is C15H19N3OS. The molecule has 0 unspecified atom stereocenters. The number of carbonyl (C=O) groups is 1. The Balaban J connectivity index is 1.68. The van der Waals surface area contributed by atoms with Crippen molar-refractivity contribution in [3.05, 3.63) is 35.9 Å². The maximum Gasteiger partial charge on any atom is 0.186 e. The summed E-state index contributed by atoms with van der Waals surface area (Å²) in [5.74, 6) is 0.264. The van der Waals surface area contributed by atoms with Gasteiger partial charge in [-0.25, -0.2) is 0 Å². The molecule has 4 nitrogen and oxygen atoms in total. The van der Waals surface area contributed by atoms with Gasteiger partial charge in [0.1, 0.15) is 5.78 Å². The molecule has 1 fully saturated rings. The van der Waals surface area contributed by atoms with Crippen LogP contribution in [0.5, 0.6) is 0 Å². The van der Waals surface area contributed by atoms with Crippen molar-refractivity contribution in [3.63, 3.8) is 0 Å². The van der Waals surface area contributed by atoms with E-state index in [1.165, 1.54) is 5.56 Å². The lowest BCUT2D eigenvalue weighted by Crippen LogP contribution is -2.34. The molecule has 0 bridgehead atoms. The summed E-state index contributed by atoms with van der Waals surface area (Å²) in [6.07, 6.45) is 3.83. The molecule has 1 saturated carbocycles. The van der Waals surface area contributed by atoms with E-state index in [0.29, 0.717) is 18.0 Å². The van der Waals surface area contributed by atoms with Crippen LogP contribution < -0.4 is 10.7 Å². The van der Waals surface area contributed by atoms with Gasteiger partial charge >= 0.3 is 0 Å². The van der Waals surface area contributed by atoms with E-state index in [4.69, 9.17) is 12.2 Å². The number of ketones is 1. The first-order chi connectivity index (χ1) is 9.74. The third kappa shape index (κ3) is 5.09. The van der Waals surface area contributed by atoms with E-state index in [2.05, 4.69) is 28.0 Å². The zero-order valence-corrected chi connectivity index (χ0v) is 12.2. The zero-order valence-electron chi connectivity index (χ0n) is 11.4.